The zero-order valence-electron chi connectivity index (χ0n) is 13.6. The van der Waals surface area contributed by atoms with Gasteiger partial charge >= 0.3 is 0 Å². The molecular formula is C18H22N4O. The van der Waals surface area contributed by atoms with Crippen LogP contribution in [0.5, 0.6) is 0 Å². The Bertz CT molecular complexity index is 686. The van der Waals surface area contributed by atoms with Crippen LogP contribution < -0.4 is 0 Å². The van der Waals surface area contributed by atoms with Crippen LogP contribution in [0.1, 0.15) is 37.9 Å². The van der Waals surface area contributed by atoms with Gasteiger partial charge in [-0.3, -0.25) is 0 Å². The Balaban J connectivity index is 2.06. The minimum absolute atomic E-state index is 0.170. The predicted molar refractivity (Wildman–Crippen MR) is 89.4 cm³/mol. The Morgan fingerprint density at radius 2 is 2.26 bits per heavy atom. The second-order valence-corrected chi connectivity index (χ2v) is 5.54. The molecule has 1 N–H and O–H groups in total. The molecule has 0 bridgehead atoms. The first-order valence-corrected chi connectivity index (χ1v) is 7.82. The van der Waals surface area contributed by atoms with Gasteiger partial charge in [-0.1, -0.05) is 37.6 Å². The van der Waals surface area contributed by atoms with Crippen LogP contribution in [0, 0.1) is 17.2 Å². The van der Waals surface area contributed by atoms with E-state index in [0.29, 0.717) is 23.9 Å². The second kappa shape index (κ2) is 8.25. The van der Waals surface area contributed by atoms with Crippen LogP contribution in [0.2, 0.25) is 0 Å². The van der Waals surface area contributed by atoms with Gasteiger partial charge in [-0.15, -0.1) is 11.7 Å². The highest BCUT2D eigenvalue weighted by Crippen LogP contribution is 2.22. The number of benzene rings is 1. The first kappa shape index (κ1) is 16.9. The van der Waals surface area contributed by atoms with Gasteiger partial charge in [0.1, 0.15) is 11.8 Å². The number of allylic oxidation sites excluding steroid dienone is 1. The standard InChI is InChI=1S/C18H22N4O/c1-4-7-15(5-2)13(3)23-12-14-8-6-9-16(10-14)18-17(11-19)20-22-21-18/h4,6,8-10,13,15H,1,5,7,12H2,2-3H3,(H,20,21,22). The van der Waals surface area contributed by atoms with E-state index in [9.17, 15) is 0 Å². The van der Waals surface area contributed by atoms with E-state index in [-0.39, 0.29) is 6.10 Å². The molecule has 1 aromatic carbocycles. The number of nitrogens with zero attached hydrogens (tertiary/aromatic N) is 3. The summed E-state index contributed by atoms with van der Waals surface area (Å²) in [7, 11) is 0. The summed E-state index contributed by atoms with van der Waals surface area (Å²) in [6.07, 6.45) is 4.14. The number of nitrogens with one attached hydrogen (secondary N) is 1. The van der Waals surface area contributed by atoms with Crippen LogP contribution in [0.3, 0.4) is 0 Å². The van der Waals surface area contributed by atoms with Gasteiger partial charge in [-0.05, 0) is 30.9 Å². The van der Waals surface area contributed by atoms with Gasteiger partial charge in [0.25, 0.3) is 0 Å². The molecule has 0 aliphatic carbocycles. The molecule has 120 valence electrons. The molecule has 1 aromatic heterocycles. The maximum Gasteiger partial charge on any atom is 0.190 e. The summed E-state index contributed by atoms with van der Waals surface area (Å²) >= 11 is 0. The lowest BCUT2D eigenvalue weighted by atomic mass is 9.97. The summed E-state index contributed by atoms with van der Waals surface area (Å²) in [5.74, 6) is 0.483. The minimum Gasteiger partial charge on any atom is -0.374 e. The van der Waals surface area contributed by atoms with Crippen LogP contribution in [0.15, 0.2) is 36.9 Å². The lowest BCUT2D eigenvalue weighted by Crippen LogP contribution is -2.19. The van der Waals surface area contributed by atoms with Gasteiger partial charge in [0.15, 0.2) is 5.69 Å². The first-order valence-electron chi connectivity index (χ1n) is 7.82. The topological polar surface area (TPSA) is 74.6 Å². The molecule has 0 amide bonds. The average molecular weight is 310 g/mol. The molecule has 0 fully saturated rings. The largest absolute Gasteiger partial charge is 0.374 e. The number of aromatic nitrogens is 3. The predicted octanol–water partition coefficient (Wildman–Crippen LogP) is 3.85. The third kappa shape index (κ3) is 4.27. The van der Waals surface area contributed by atoms with Crippen molar-refractivity contribution in [1.82, 2.24) is 15.4 Å². The van der Waals surface area contributed by atoms with E-state index < -0.39 is 0 Å². The lowest BCUT2D eigenvalue weighted by Gasteiger charge is -2.22. The molecule has 0 saturated carbocycles. The highest BCUT2D eigenvalue weighted by Gasteiger charge is 2.15. The van der Waals surface area contributed by atoms with Crippen LogP contribution >= 0.6 is 0 Å². The van der Waals surface area contributed by atoms with Crippen molar-refractivity contribution in [1.29, 1.82) is 5.26 Å². The van der Waals surface area contributed by atoms with Crippen molar-refractivity contribution in [2.24, 2.45) is 5.92 Å². The number of ether oxygens (including phenoxy) is 1. The summed E-state index contributed by atoms with van der Waals surface area (Å²) in [5.41, 5.74) is 2.78. The summed E-state index contributed by atoms with van der Waals surface area (Å²) < 4.78 is 6.01. The fraction of sp³-hybridized carbons (Fsp3) is 0.389. The Kier molecular flexibility index (Phi) is 6.07. The number of H-pyrrole nitrogens is 1. The van der Waals surface area contributed by atoms with E-state index in [4.69, 9.17) is 10.00 Å². The summed E-state index contributed by atoms with van der Waals surface area (Å²) in [6.45, 7) is 8.61. The zero-order chi connectivity index (χ0) is 16.7. The highest BCUT2D eigenvalue weighted by molar-refractivity contribution is 5.64. The Morgan fingerprint density at radius 1 is 1.43 bits per heavy atom. The molecule has 2 unspecified atom stereocenters. The molecule has 0 saturated heterocycles. The van der Waals surface area contributed by atoms with Crippen LogP contribution in [0.4, 0.5) is 0 Å². The molecule has 0 radical (unpaired) electrons. The summed E-state index contributed by atoms with van der Waals surface area (Å²) in [5, 5.41) is 19.4. The van der Waals surface area contributed by atoms with E-state index >= 15 is 0 Å². The van der Waals surface area contributed by atoms with Crippen molar-refractivity contribution in [2.75, 3.05) is 0 Å². The zero-order valence-corrected chi connectivity index (χ0v) is 13.6. The Labute approximate surface area is 137 Å². The van der Waals surface area contributed by atoms with Crippen LogP contribution in [-0.4, -0.2) is 21.5 Å². The molecule has 0 aliphatic heterocycles. The number of aromatic amines is 1. The van der Waals surface area contributed by atoms with Crippen LogP contribution in [-0.2, 0) is 11.3 Å². The molecule has 5 nitrogen and oxygen atoms in total. The monoisotopic (exact) mass is 310 g/mol. The molecular weight excluding hydrogens is 288 g/mol. The maximum absolute atomic E-state index is 9.05. The second-order valence-electron chi connectivity index (χ2n) is 5.54. The molecule has 2 rings (SSSR count). The fourth-order valence-electron chi connectivity index (χ4n) is 2.59. The quantitative estimate of drug-likeness (QED) is 0.751. The normalized spacial score (nSPS) is 13.3. The SMILES string of the molecule is C=CCC(CC)C(C)OCc1cccc(-c2n[nH]nc2C#N)c1. The van der Waals surface area contributed by atoms with Crippen molar-refractivity contribution in [3.05, 3.63) is 48.2 Å². The van der Waals surface area contributed by atoms with E-state index in [1.807, 2.05) is 36.4 Å². The Morgan fingerprint density at radius 3 is 2.96 bits per heavy atom. The van der Waals surface area contributed by atoms with E-state index in [1.54, 1.807) is 0 Å². The molecule has 23 heavy (non-hydrogen) atoms. The van der Waals surface area contributed by atoms with Crippen LogP contribution in [0.25, 0.3) is 11.3 Å². The smallest absolute Gasteiger partial charge is 0.190 e. The van der Waals surface area contributed by atoms with Gasteiger partial charge in [0.2, 0.25) is 0 Å². The van der Waals surface area contributed by atoms with Gasteiger partial charge in [0.05, 0.1) is 12.7 Å². The molecule has 5 heteroatoms. The molecule has 1 heterocycles. The molecule has 2 aromatic rings. The van der Waals surface area contributed by atoms with Crippen molar-refractivity contribution in [2.45, 2.75) is 39.4 Å². The van der Waals surface area contributed by atoms with Gasteiger partial charge in [-0.2, -0.15) is 15.6 Å². The number of rotatable bonds is 8. The summed E-state index contributed by atoms with van der Waals surface area (Å²) in [6, 6.07) is 9.89. The minimum atomic E-state index is 0.170. The van der Waals surface area contributed by atoms with E-state index in [0.717, 1.165) is 24.0 Å². The fourth-order valence-corrected chi connectivity index (χ4v) is 2.59. The third-order valence-corrected chi connectivity index (χ3v) is 4.02. The highest BCUT2D eigenvalue weighted by atomic mass is 16.5. The number of hydrogen-bond donors (Lipinski definition) is 1. The summed E-state index contributed by atoms with van der Waals surface area (Å²) in [4.78, 5) is 0. The van der Waals surface area contributed by atoms with Gasteiger partial charge in [-0.25, -0.2) is 0 Å². The first-order chi connectivity index (χ1) is 11.2. The lowest BCUT2D eigenvalue weighted by molar-refractivity contribution is 0.0129. The molecule has 2 atom stereocenters. The Hall–Kier alpha value is -2.45. The number of hydrogen-bond acceptors (Lipinski definition) is 4. The average Bonchev–Trinajstić information content (AvgIpc) is 3.06. The molecule has 0 aliphatic rings. The molecule has 0 spiro atoms. The van der Waals surface area contributed by atoms with Crippen molar-refractivity contribution in [3.8, 4) is 17.3 Å². The maximum atomic E-state index is 9.05. The van der Waals surface area contributed by atoms with Gasteiger partial charge < -0.3 is 4.74 Å². The van der Waals surface area contributed by atoms with Crippen molar-refractivity contribution < 1.29 is 4.74 Å². The van der Waals surface area contributed by atoms with Crippen molar-refractivity contribution >= 4 is 0 Å². The third-order valence-electron chi connectivity index (χ3n) is 4.02. The van der Waals surface area contributed by atoms with E-state index in [1.165, 1.54) is 0 Å². The van der Waals surface area contributed by atoms with E-state index in [2.05, 4.69) is 35.8 Å². The number of nitriles is 1. The van der Waals surface area contributed by atoms with Gasteiger partial charge in [0, 0.05) is 5.56 Å². The van der Waals surface area contributed by atoms with Crippen molar-refractivity contribution in [3.63, 3.8) is 0 Å².